The lowest BCUT2D eigenvalue weighted by atomic mass is 9.93. The Kier molecular flexibility index (Phi) is 7.18. The van der Waals surface area contributed by atoms with Gasteiger partial charge in [-0.1, -0.05) is 0 Å². The molecule has 6 unspecified atom stereocenters. The van der Waals surface area contributed by atoms with Gasteiger partial charge in [0.05, 0.1) is 18.4 Å². The van der Waals surface area contributed by atoms with Gasteiger partial charge in [-0.05, 0) is 19.1 Å². The second kappa shape index (κ2) is 8.61. The minimum atomic E-state index is -1.98. The average molecular weight is 397 g/mol. The molecule has 2 fully saturated rings. The molecule has 2 saturated heterocycles. The third-order valence-corrected chi connectivity index (χ3v) is 4.66. The molecule has 12 heteroatoms. The molecule has 0 aliphatic carbocycles. The summed E-state index contributed by atoms with van der Waals surface area (Å²) in [6.45, 7) is -0.0906. The topological polar surface area (TPSA) is 182 Å². The standard InChI is InChI=1S/C14H23NO10S/c1-14(12(22)11(21)9(19)6(3-17)24-14)25-13-7(15-4-26)10(20)8(18)5(2-16)23-13/h5-13,16-22H,2-3H2,1H3/t5?,6?,7?,8-,9-,10?,11?,12?,13-,14-/m1/s1. The van der Waals surface area contributed by atoms with Gasteiger partial charge < -0.3 is 50.0 Å². The Hall–Kier alpha value is -0.600. The molecule has 0 aromatic carbocycles. The van der Waals surface area contributed by atoms with Gasteiger partial charge in [-0.2, -0.15) is 0 Å². The number of hydrogen-bond donors (Lipinski definition) is 7. The van der Waals surface area contributed by atoms with Crippen LogP contribution in [0, 0.1) is 0 Å². The van der Waals surface area contributed by atoms with Crippen LogP contribution in [0.2, 0.25) is 0 Å². The molecule has 0 saturated carbocycles. The van der Waals surface area contributed by atoms with E-state index in [2.05, 4.69) is 17.2 Å². The second-order valence-corrected chi connectivity index (χ2v) is 6.50. The van der Waals surface area contributed by atoms with Crippen LogP contribution in [-0.4, -0.2) is 115 Å². The third kappa shape index (κ3) is 3.97. The zero-order valence-corrected chi connectivity index (χ0v) is 14.6. The number of aliphatic hydroxyl groups excluding tert-OH is 7. The molecule has 0 spiro atoms. The van der Waals surface area contributed by atoms with Gasteiger partial charge in [-0.15, -0.1) is 0 Å². The summed E-state index contributed by atoms with van der Waals surface area (Å²) in [7, 11) is 0. The molecule has 2 rings (SSSR count). The predicted octanol–water partition coefficient (Wildman–Crippen LogP) is -3.90. The molecule has 26 heavy (non-hydrogen) atoms. The lowest BCUT2D eigenvalue weighted by molar-refractivity contribution is -0.406. The third-order valence-electron chi connectivity index (χ3n) is 4.56. The van der Waals surface area contributed by atoms with E-state index in [1.807, 2.05) is 5.16 Å². The number of aliphatic hydroxyl groups is 7. The van der Waals surface area contributed by atoms with E-state index >= 15 is 0 Å². The van der Waals surface area contributed by atoms with E-state index in [9.17, 15) is 35.7 Å². The quantitative estimate of drug-likeness (QED) is 0.178. The maximum atomic E-state index is 10.2. The highest BCUT2D eigenvalue weighted by Crippen LogP contribution is 2.35. The van der Waals surface area contributed by atoms with E-state index < -0.39 is 74.1 Å². The summed E-state index contributed by atoms with van der Waals surface area (Å²) in [6.07, 6.45) is -12.0. The summed E-state index contributed by atoms with van der Waals surface area (Å²) in [4.78, 5) is 3.68. The van der Waals surface area contributed by atoms with Gasteiger partial charge >= 0.3 is 0 Å². The van der Waals surface area contributed by atoms with Crippen molar-refractivity contribution in [1.82, 2.24) is 0 Å². The SMILES string of the molecule is C[C@]1(O[C@H]2OC(CO)[C@@H](O)C(O)C2N=C=S)OC(CO)[C@@H](O)C(O)C1O. The summed E-state index contributed by atoms with van der Waals surface area (Å²) in [6, 6.07) is -1.27. The van der Waals surface area contributed by atoms with Crippen LogP contribution < -0.4 is 0 Å². The van der Waals surface area contributed by atoms with Crippen molar-refractivity contribution >= 4 is 17.4 Å². The fraction of sp³-hybridized carbons (Fsp3) is 0.929. The number of nitrogens with zero attached hydrogens (tertiary/aromatic N) is 1. The number of thiocarbonyl (C=S) groups is 1. The number of hydrogen-bond acceptors (Lipinski definition) is 12. The van der Waals surface area contributed by atoms with Crippen molar-refractivity contribution in [3.05, 3.63) is 0 Å². The Labute approximate surface area is 154 Å². The summed E-state index contributed by atoms with van der Waals surface area (Å²) in [5.74, 6) is -1.98. The first-order chi connectivity index (χ1) is 12.2. The highest BCUT2D eigenvalue weighted by molar-refractivity contribution is 7.78. The van der Waals surface area contributed by atoms with Crippen molar-refractivity contribution in [2.75, 3.05) is 13.2 Å². The van der Waals surface area contributed by atoms with E-state index in [1.54, 1.807) is 0 Å². The van der Waals surface area contributed by atoms with Crippen molar-refractivity contribution in [2.24, 2.45) is 4.99 Å². The van der Waals surface area contributed by atoms with Crippen molar-refractivity contribution < 1.29 is 50.0 Å². The molecule has 0 amide bonds. The van der Waals surface area contributed by atoms with Gasteiger partial charge in [0.1, 0.15) is 48.8 Å². The van der Waals surface area contributed by atoms with Crippen molar-refractivity contribution in [1.29, 1.82) is 0 Å². The number of isothiocyanates is 1. The molecule has 2 aliphatic rings. The average Bonchev–Trinajstić information content (AvgIpc) is 2.62. The normalized spacial score (nSPS) is 49.5. The van der Waals surface area contributed by atoms with Gasteiger partial charge in [0.25, 0.3) is 0 Å². The summed E-state index contributed by atoms with van der Waals surface area (Å²) in [5, 5.41) is 70.7. The minimum absolute atomic E-state index is 0.646. The van der Waals surface area contributed by atoms with Crippen molar-refractivity contribution in [3.8, 4) is 0 Å². The molecular weight excluding hydrogens is 374 g/mol. The Morgan fingerprint density at radius 2 is 1.58 bits per heavy atom. The molecule has 7 N–H and O–H groups in total. The van der Waals surface area contributed by atoms with Crippen LogP contribution in [0.5, 0.6) is 0 Å². The molecular formula is C14H23NO10S. The smallest absolute Gasteiger partial charge is 0.197 e. The van der Waals surface area contributed by atoms with E-state index in [0.717, 1.165) is 0 Å². The first-order valence-corrected chi connectivity index (χ1v) is 8.31. The zero-order valence-electron chi connectivity index (χ0n) is 13.8. The molecule has 0 bridgehead atoms. The van der Waals surface area contributed by atoms with Crippen LogP contribution in [-0.2, 0) is 14.2 Å². The fourth-order valence-corrected chi connectivity index (χ4v) is 3.11. The Morgan fingerprint density at radius 1 is 1.00 bits per heavy atom. The minimum Gasteiger partial charge on any atom is -0.394 e. The van der Waals surface area contributed by atoms with Gasteiger partial charge in [0, 0.05) is 0 Å². The van der Waals surface area contributed by atoms with Gasteiger partial charge in [0.15, 0.2) is 12.1 Å². The Morgan fingerprint density at radius 3 is 2.12 bits per heavy atom. The van der Waals surface area contributed by atoms with E-state index in [0.29, 0.717) is 0 Å². The molecule has 2 heterocycles. The number of rotatable bonds is 5. The predicted molar refractivity (Wildman–Crippen MR) is 86.0 cm³/mol. The highest BCUT2D eigenvalue weighted by Gasteiger charge is 2.55. The van der Waals surface area contributed by atoms with Gasteiger partial charge in [-0.25, -0.2) is 4.99 Å². The molecule has 150 valence electrons. The fourth-order valence-electron chi connectivity index (χ4n) is 2.99. The summed E-state index contributed by atoms with van der Waals surface area (Å²) < 4.78 is 16.3. The van der Waals surface area contributed by atoms with Crippen LogP contribution in [0.1, 0.15) is 6.92 Å². The van der Waals surface area contributed by atoms with Crippen molar-refractivity contribution in [2.45, 2.75) is 67.8 Å². The molecule has 2 aliphatic heterocycles. The van der Waals surface area contributed by atoms with Crippen LogP contribution in [0.25, 0.3) is 0 Å². The van der Waals surface area contributed by atoms with Crippen molar-refractivity contribution in [3.63, 3.8) is 0 Å². The number of ether oxygens (including phenoxy) is 3. The van der Waals surface area contributed by atoms with Gasteiger partial charge in [-0.3, -0.25) is 0 Å². The largest absolute Gasteiger partial charge is 0.394 e. The van der Waals surface area contributed by atoms with Crippen LogP contribution in [0.3, 0.4) is 0 Å². The van der Waals surface area contributed by atoms with E-state index in [-0.39, 0.29) is 0 Å². The first kappa shape index (κ1) is 21.7. The van der Waals surface area contributed by atoms with E-state index in [4.69, 9.17) is 14.2 Å². The second-order valence-electron chi connectivity index (χ2n) is 6.32. The summed E-state index contributed by atoms with van der Waals surface area (Å²) in [5.41, 5.74) is 0. The summed E-state index contributed by atoms with van der Waals surface area (Å²) >= 11 is 4.51. The Balaban J connectivity index is 2.28. The Bertz CT molecular complexity index is 532. The maximum absolute atomic E-state index is 10.2. The lowest BCUT2D eigenvalue weighted by Crippen LogP contribution is -2.68. The highest BCUT2D eigenvalue weighted by atomic mass is 32.1. The maximum Gasteiger partial charge on any atom is 0.197 e. The number of aliphatic imine (C=N–C) groups is 1. The first-order valence-electron chi connectivity index (χ1n) is 7.90. The molecule has 10 atom stereocenters. The molecule has 0 radical (unpaired) electrons. The van der Waals surface area contributed by atoms with Crippen LogP contribution in [0.15, 0.2) is 4.99 Å². The molecule has 11 nitrogen and oxygen atoms in total. The zero-order chi connectivity index (χ0) is 19.6. The molecule has 0 aromatic rings. The van der Waals surface area contributed by atoms with Crippen LogP contribution in [0.4, 0.5) is 0 Å². The van der Waals surface area contributed by atoms with E-state index in [1.165, 1.54) is 6.92 Å². The van der Waals surface area contributed by atoms with Gasteiger partial charge in [0.2, 0.25) is 0 Å². The van der Waals surface area contributed by atoms with Crippen LogP contribution >= 0.6 is 12.2 Å². The molecule has 0 aromatic heterocycles. The monoisotopic (exact) mass is 397 g/mol. The lowest BCUT2D eigenvalue weighted by Gasteiger charge is -2.49.